The molecule has 24 heavy (non-hydrogen) atoms. The van der Waals surface area contributed by atoms with Crippen LogP contribution < -0.4 is 11.1 Å². The fraction of sp³-hybridized carbons (Fsp3) is 0.533. The van der Waals surface area contributed by atoms with Crippen LogP contribution >= 0.6 is 11.3 Å². The number of nitrogens with one attached hydrogen (secondary N) is 1. The van der Waals surface area contributed by atoms with Crippen molar-refractivity contribution in [2.75, 3.05) is 5.32 Å². The first-order valence-electron chi connectivity index (χ1n) is 7.63. The first kappa shape index (κ1) is 18.1. The van der Waals surface area contributed by atoms with E-state index in [-0.39, 0.29) is 18.0 Å². The predicted octanol–water partition coefficient (Wildman–Crippen LogP) is 2.91. The van der Waals surface area contributed by atoms with Gasteiger partial charge in [-0.1, -0.05) is 16.5 Å². The fourth-order valence-electron chi connectivity index (χ4n) is 2.29. The van der Waals surface area contributed by atoms with Crippen LogP contribution in [0.2, 0.25) is 0 Å². The van der Waals surface area contributed by atoms with Crippen LogP contribution in [0.4, 0.5) is 9.93 Å². The molecule has 0 radical (unpaired) electrons. The van der Waals surface area contributed by atoms with Gasteiger partial charge in [0.15, 0.2) is 11.0 Å². The minimum absolute atomic E-state index is 0.0121. The molecule has 0 aliphatic carbocycles. The molecule has 1 aliphatic rings. The number of nitrogens with zero attached hydrogens (tertiary/aromatic N) is 3. The lowest BCUT2D eigenvalue weighted by Crippen LogP contribution is -2.37. The third kappa shape index (κ3) is 4.38. The number of oxime groups is 1. The van der Waals surface area contributed by atoms with E-state index >= 15 is 0 Å². The second-order valence-electron chi connectivity index (χ2n) is 6.53. The lowest BCUT2D eigenvalue weighted by Gasteiger charge is -2.27. The van der Waals surface area contributed by atoms with Crippen LogP contribution in [0.1, 0.15) is 45.4 Å². The molecule has 0 bridgehead atoms. The number of amidine groups is 1. The summed E-state index contributed by atoms with van der Waals surface area (Å²) < 4.78 is 5.47. The van der Waals surface area contributed by atoms with Gasteiger partial charge in [0.2, 0.25) is 0 Å². The number of nitrogens with two attached hydrogens (primary N) is 1. The van der Waals surface area contributed by atoms with Crippen LogP contribution in [-0.2, 0) is 4.74 Å². The number of anilines is 1. The highest BCUT2D eigenvalue weighted by Gasteiger charge is 2.33. The second-order valence-corrected chi connectivity index (χ2v) is 7.56. The van der Waals surface area contributed by atoms with E-state index < -0.39 is 5.60 Å². The quantitative estimate of drug-likeness (QED) is 0.333. The second kappa shape index (κ2) is 7.08. The molecule has 1 aromatic rings. The van der Waals surface area contributed by atoms with Crippen molar-refractivity contribution in [1.29, 1.82) is 0 Å². The van der Waals surface area contributed by atoms with Crippen LogP contribution in [0.3, 0.4) is 0 Å². The summed E-state index contributed by atoms with van der Waals surface area (Å²) in [6.45, 7) is 7.52. The van der Waals surface area contributed by atoms with Gasteiger partial charge in [-0.25, -0.2) is 9.78 Å². The van der Waals surface area contributed by atoms with Crippen molar-refractivity contribution in [2.24, 2.45) is 10.9 Å². The van der Waals surface area contributed by atoms with Crippen LogP contribution in [0.5, 0.6) is 0 Å². The van der Waals surface area contributed by atoms with Crippen molar-refractivity contribution in [3.8, 4) is 0 Å². The van der Waals surface area contributed by atoms with Gasteiger partial charge in [-0.15, -0.1) is 0 Å². The zero-order valence-electron chi connectivity index (χ0n) is 14.2. The van der Waals surface area contributed by atoms with Crippen LogP contribution in [0, 0.1) is 0 Å². The highest BCUT2D eigenvalue weighted by molar-refractivity contribution is 7.17. The van der Waals surface area contributed by atoms with Gasteiger partial charge in [-0.3, -0.25) is 4.90 Å². The molecule has 1 unspecified atom stereocenters. The molecule has 0 spiro atoms. The molecular formula is C15H23N5O3S. The van der Waals surface area contributed by atoms with Gasteiger partial charge >= 0.3 is 6.09 Å². The number of aromatic nitrogens is 1. The summed E-state index contributed by atoms with van der Waals surface area (Å²) in [4.78, 5) is 18.8. The van der Waals surface area contributed by atoms with E-state index in [0.29, 0.717) is 10.0 Å². The first-order valence-corrected chi connectivity index (χ1v) is 8.44. The number of ether oxygens (including phenoxy) is 1. The number of carbonyl (C=O) groups is 1. The fourth-order valence-corrected chi connectivity index (χ4v) is 2.98. The molecule has 2 heterocycles. The van der Waals surface area contributed by atoms with Gasteiger partial charge in [0.25, 0.3) is 0 Å². The van der Waals surface area contributed by atoms with Gasteiger partial charge in [0.05, 0.1) is 11.1 Å². The van der Waals surface area contributed by atoms with E-state index in [9.17, 15) is 4.79 Å². The lowest BCUT2D eigenvalue weighted by molar-refractivity contribution is 0.0289. The number of thiazole rings is 1. The van der Waals surface area contributed by atoms with E-state index in [1.165, 1.54) is 17.5 Å². The molecule has 0 saturated carbocycles. The number of rotatable bonds is 3. The molecule has 1 atom stereocenters. The Morgan fingerprint density at radius 3 is 2.96 bits per heavy atom. The molecule has 8 nitrogen and oxygen atoms in total. The molecular weight excluding hydrogens is 330 g/mol. The van der Waals surface area contributed by atoms with Crippen molar-refractivity contribution < 1.29 is 14.7 Å². The smallest absolute Gasteiger partial charge is 0.414 e. The van der Waals surface area contributed by atoms with E-state index in [1.54, 1.807) is 11.1 Å². The predicted molar refractivity (Wildman–Crippen MR) is 93.1 cm³/mol. The minimum Gasteiger partial charge on any atom is -0.443 e. The Morgan fingerprint density at radius 1 is 1.62 bits per heavy atom. The zero-order chi connectivity index (χ0) is 17.9. The number of hydrogen-bond acceptors (Lipinski definition) is 7. The number of allylic oxidation sites excluding steroid dienone is 1. The SMILES string of the molecule is CC1CC/C(=C\Nc2ncc(/C(N)=N/O)s2)N1C(=O)OC(C)(C)C. The normalized spacial score (nSPS) is 20.5. The van der Waals surface area contributed by atoms with Crippen molar-refractivity contribution in [2.45, 2.75) is 52.2 Å². The minimum atomic E-state index is -0.538. The Bertz CT molecular complexity index is 662. The third-order valence-corrected chi connectivity index (χ3v) is 4.34. The van der Waals surface area contributed by atoms with E-state index in [1.807, 2.05) is 27.7 Å². The molecule has 1 fully saturated rings. The number of likely N-dealkylation sites (tertiary alicyclic amines) is 1. The average Bonchev–Trinajstić information content (AvgIpc) is 3.09. The van der Waals surface area contributed by atoms with Crippen LogP contribution in [0.15, 0.2) is 23.2 Å². The van der Waals surface area contributed by atoms with E-state index in [0.717, 1.165) is 18.5 Å². The Labute approximate surface area is 145 Å². The van der Waals surface area contributed by atoms with Crippen molar-refractivity contribution in [3.63, 3.8) is 0 Å². The Balaban J connectivity index is 2.10. The molecule has 132 valence electrons. The molecule has 0 aromatic carbocycles. The third-order valence-electron chi connectivity index (χ3n) is 3.39. The molecule has 1 aromatic heterocycles. The number of carbonyl (C=O) groups excluding carboxylic acids is 1. The Hall–Kier alpha value is -2.29. The molecule has 1 saturated heterocycles. The summed E-state index contributed by atoms with van der Waals surface area (Å²) >= 11 is 1.25. The highest BCUT2D eigenvalue weighted by atomic mass is 32.1. The average molecular weight is 353 g/mol. The van der Waals surface area contributed by atoms with Crippen molar-refractivity contribution in [3.05, 3.63) is 23.0 Å². The molecule has 9 heteroatoms. The summed E-state index contributed by atoms with van der Waals surface area (Å²) in [7, 11) is 0. The molecule has 4 N–H and O–H groups in total. The molecule has 1 aliphatic heterocycles. The zero-order valence-corrected chi connectivity index (χ0v) is 15.1. The Morgan fingerprint density at radius 2 is 2.33 bits per heavy atom. The maximum Gasteiger partial charge on any atom is 0.414 e. The van der Waals surface area contributed by atoms with Gasteiger partial charge in [0.1, 0.15) is 5.60 Å². The van der Waals surface area contributed by atoms with E-state index in [4.69, 9.17) is 15.7 Å². The van der Waals surface area contributed by atoms with Crippen LogP contribution in [-0.4, -0.2) is 38.7 Å². The van der Waals surface area contributed by atoms with Crippen molar-refractivity contribution >= 4 is 28.4 Å². The van der Waals surface area contributed by atoms with Gasteiger partial charge in [-0.2, -0.15) is 0 Å². The summed E-state index contributed by atoms with van der Waals surface area (Å²) in [5.41, 5.74) is 5.83. The maximum atomic E-state index is 12.4. The number of amides is 1. The van der Waals surface area contributed by atoms with Gasteiger partial charge in [-0.05, 0) is 40.5 Å². The topological polar surface area (TPSA) is 113 Å². The standard InChI is InChI=1S/C15H23N5O3S/c1-9-5-6-10(20(9)14(21)23-15(2,3)4)7-17-13-18-8-11(24-13)12(16)19-22/h7-9,22H,5-6H2,1-4H3,(H2,16,19)(H,17,18)/b10-7+. The van der Waals surface area contributed by atoms with E-state index in [2.05, 4.69) is 15.5 Å². The summed E-state index contributed by atoms with van der Waals surface area (Å²) in [5.74, 6) is 0.0121. The highest BCUT2D eigenvalue weighted by Crippen LogP contribution is 2.29. The van der Waals surface area contributed by atoms with Gasteiger partial charge in [0, 0.05) is 17.9 Å². The lowest BCUT2D eigenvalue weighted by atomic mass is 10.2. The summed E-state index contributed by atoms with van der Waals surface area (Å²) in [6.07, 6.45) is 4.56. The largest absolute Gasteiger partial charge is 0.443 e. The maximum absolute atomic E-state index is 12.4. The molecule has 2 rings (SSSR count). The van der Waals surface area contributed by atoms with Crippen molar-refractivity contribution in [1.82, 2.24) is 9.88 Å². The Kier molecular flexibility index (Phi) is 5.33. The summed E-state index contributed by atoms with van der Waals surface area (Å²) in [6, 6.07) is 0.0805. The first-order chi connectivity index (χ1) is 11.2. The number of hydrogen-bond donors (Lipinski definition) is 3. The summed E-state index contributed by atoms with van der Waals surface area (Å²) in [5, 5.41) is 15.3. The van der Waals surface area contributed by atoms with Crippen LogP contribution in [0.25, 0.3) is 0 Å². The molecule has 1 amide bonds. The van der Waals surface area contributed by atoms with Gasteiger partial charge < -0.3 is 21.0 Å². The monoisotopic (exact) mass is 353 g/mol.